The molecular formula is C18H27NO2. The normalized spacial score (nSPS) is 32.1. The first-order valence-electron chi connectivity index (χ1n) is 8.31. The molecule has 0 aliphatic heterocycles. The molecule has 2 aliphatic carbocycles. The lowest BCUT2D eigenvalue weighted by atomic mass is 9.84. The van der Waals surface area contributed by atoms with E-state index in [1.54, 1.807) is 0 Å². The van der Waals surface area contributed by atoms with E-state index < -0.39 is 0 Å². The van der Waals surface area contributed by atoms with Gasteiger partial charge in [-0.05, 0) is 55.2 Å². The fraction of sp³-hybridized carbons (Fsp3) is 0.667. The molecule has 4 atom stereocenters. The van der Waals surface area contributed by atoms with Crippen LogP contribution in [0.5, 0.6) is 5.75 Å². The Hall–Kier alpha value is -1.06. The van der Waals surface area contributed by atoms with E-state index in [1.807, 2.05) is 12.1 Å². The molecule has 1 fully saturated rings. The van der Waals surface area contributed by atoms with Crippen molar-refractivity contribution in [3.8, 4) is 5.75 Å². The van der Waals surface area contributed by atoms with Gasteiger partial charge in [-0.15, -0.1) is 0 Å². The molecule has 0 spiro atoms. The van der Waals surface area contributed by atoms with Crippen LogP contribution in [0.2, 0.25) is 0 Å². The SMILES string of the molecule is Cc1ccc(O)c2c1C(C)CC2NC1CCCCC1CO. The molecule has 3 heteroatoms. The number of benzene rings is 1. The molecule has 0 aromatic heterocycles. The fourth-order valence-corrected chi connectivity index (χ4v) is 4.40. The number of fused-ring (bicyclic) bond motifs is 1. The monoisotopic (exact) mass is 289 g/mol. The number of phenolic OH excluding ortho intramolecular Hbond substituents is 1. The van der Waals surface area contributed by atoms with E-state index in [0.717, 1.165) is 24.8 Å². The topological polar surface area (TPSA) is 52.5 Å². The van der Waals surface area contributed by atoms with Crippen LogP contribution in [0.4, 0.5) is 0 Å². The Balaban J connectivity index is 1.84. The third-order valence-electron chi connectivity index (χ3n) is 5.47. The minimum absolute atomic E-state index is 0.229. The van der Waals surface area contributed by atoms with E-state index in [4.69, 9.17) is 0 Å². The van der Waals surface area contributed by atoms with E-state index in [-0.39, 0.29) is 12.6 Å². The summed E-state index contributed by atoms with van der Waals surface area (Å²) in [5.41, 5.74) is 3.70. The van der Waals surface area contributed by atoms with Crippen LogP contribution in [-0.4, -0.2) is 22.9 Å². The van der Waals surface area contributed by atoms with Crippen LogP contribution in [0.15, 0.2) is 12.1 Å². The van der Waals surface area contributed by atoms with Gasteiger partial charge in [0.25, 0.3) is 0 Å². The maximum Gasteiger partial charge on any atom is 0.120 e. The second kappa shape index (κ2) is 5.98. The predicted molar refractivity (Wildman–Crippen MR) is 84.6 cm³/mol. The average molecular weight is 289 g/mol. The highest BCUT2D eigenvalue weighted by atomic mass is 16.3. The molecule has 21 heavy (non-hydrogen) atoms. The molecule has 3 nitrogen and oxygen atoms in total. The van der Waals surface area contributed by atoms with Gasteiger partial charge >= 0.3 is 0 Å². The fourth-order valence-electron chi connectivity index (χ4n) is 4.40. The molecular weight excluding hydrogens is 262 g/mol. The van der Waals surface area contributed by atoms with Gasteiger partial charge in [-0.1, -0.05) is 25.8 Å². The van der Waals surface area contributed by atoms with Crippen molar-refractivity contribution in [3.05, 3.63) is 28.8 Å². The number of aliphatic hydroxyl groups excluding tert-OH is 1. The second-order valence-corrected chi connectivity index (χ2v) is 6.92. The number of aryl methyl sites for hydroxylation is 1. The molecule has 3 N–H and O–H groups in total. The molecule has 2 aliphatic rings. The van der Waals surface area contributed by atoms with Crippen LogP contribution >= 0.6 is 0 Å². The van der Waals surface area contributed by atoms with Crippen molar-refractivity contribution in [2.24, 2.45) is 5.92 Å². The van der Waals surface area contributed by atoms with Gasteiger partial charge in [0.05, 0.1) is 0 Å². The Morgan fingerprint density at radius 2 is 1.95 bits per heavy atom. The van der Waals surface area contributed by atoms with E-state index in [1.165, 1.54) is 24.0 Å². The molecule has 116 valence electrons. The second-order valence-electron chi connectivity index (χ2n) is 6.92. The molecule has 3 rings (SSSR count). The number of rotatable bonds is 3. The quantitative estimate of drug-likeness (QED) is 0.799. The van der Waals surface area contributed by atoms with Gasteiger partial charge in [-0.25, -0.2) is 0 Å². The number of nitrogens with one attached hydrogen (secondary N) is 1. The van der Waals surface area contributed by atoms with Crippen molar-refractivity contribution in [2.75, 3.05) is 6.61 Å². The van der Waals surface area contributed by atoms with Crippen LogP contribution < -0.4 is 5.32 Å². The Bertz CT molecular complexity index is 514. The zero-order valence-electron chi connectivity index (χ0n) is 13.1. The summed E-state index contributed by atoms with van der Waals surface area (Å²) in [6.45, 7) is 4.65. The Morgan fingerprint density at radius 1 is 1.19 bits per heavy atom. The number of hydrogen-bond acceptors (Lipinski definition) is 3. The van der Waals surface area contributed by atoms with Gasteiger partial charge in [0.2, 0.25) is 0 Å². The Kier molecular flexibility index (Phi) is 4.23. The summed E-state index contributed by atoms with van der Waals surface area (Å²) in [5.74, 6) is 1.28. The van der Waals surface area contributed by atoms with Crippen molar-refractivity contribution in [1.29, 1.82) is 0 Å². The highest BCUT2D eigenvalue weighted by molar-refractivity contribution is 5.50. The van der Waals surface area contributed by atoms with Crippen molar-refractivity contribution in [1.82, 2.24) is 5.32 Å². The maximum atomic E-state index is 10.3. The smallest absolute Gasteiger partial charge is 0.120 e. The molecule has 0 saturated heterocycles. The van der Waals surface area contributed by atoms with Crippen molar-refractivity contribution < 1.29 is 10.2 Å². The summed E-state index contributed by atoms with van der Waals surface area (Å²) in [6, 6.07) is 4.45. The van der Waals surface area contributed by atoms with Gasteiger partial charge in [0, 0.05) is 24.3 Å². The minimum atomic E-state index is 0.229. The molecule has 0 bridgehead atoms. The Labute approximate surface area is 127 Å². The molecule has 0 amide bonds. The first-order chi connectivity index (χ1) is 10.1. The molecule has 1 aromatic carbocycles. The van der Waals surface area contributed by atoms with E-state index in [9.17, 15) is 10.2 Å². The standard InChI is InChI=1S/C18H27NO2/c1-11-7-8-16(21)18-15(9-12(2)17(11)18)19-14-6-4-3-5-13(14)10-20/h7-8,12-15,19-21H,3-6,9-10H2,1-2H3. The van der Waals surface area contributed by atoms with Crippen LogP contribution in [0.3, 0.4) is 0 Å². The summed E-state index contributed by atoms with van der Waals surface area (Å²) >= 11 is 0. The third kappa shape index (κ3) is 2.69. The zero-order chi connectivity index (χ0) is 15.0. The summed E-state index contributed by atoms with van der Waals surface area (Å²) in [7, 11) is 0. The van der Waals surface area contributed by atoms with Gasteiger partial charge in [-0.2, -0.15) is 0 Å². The summed E-state index contributed by atoms with van der Waals surface area (Å²) in [6.07, 6.45) is 5.76. The first kappa shape index (κ1) is 14.9. The van der Waals surface area contributed by atoms with Crippen LogP contribution in [0.1, 0.15) is 67.7 Å². The van der Waals surface area contributed by atoms with Crippen LogP contribution in [0, 0.1) is 12.8 Å². The summed E-state index contributed by atoms with van der Waals surface area (Å²) in [5, 5.41) is 23.7. The highest BCUT2D eigenvalue weighted by Crippen LogP contribution is 2.46. The van der Waals surface area contributed by atoms with Crippen LogP contribution in [0.25, 0.3) is 0 Å². The summed E-state index contributed by atoms with van der Waals surface area (Å²) < 4.78 is 0. The lowest BCUT2D eigenvalue weighted by Crippen LogP contribution is -2.41. The van der Waals surface area contributed by atoms with Crippen LogP contribution in [-0.2, 0) is 0 Å². The molecule has 0 radical (unpaired) electrons. The molecule has 1 saturated carbocycles. The van der Waals surface area contributed by atoms with Gasteiger partial charge in [0.15, 0.2) is 0 Å². The van der Waals surface area contributed by atoms with E-state index in [0.29, 0.717) is 23.6 Å². The van der Waals surface area contributed by atoms with Gasteiger partial charge in [0.1, 0.15) is 5.75 Å². The maximum absolute atomic E-state index is 10.3. The Morgan fingerprint density at radius 3 is 2.71 bits per heavy atom. The largest absolute Gasteiger partial charge is 0.508 e. The number of aromatic hydroxyl groups is 1. The predicted octanol–water partition coefficient (Wildman–Crippen LogP) is 3.39. The first-order valence-corrected chi connectivity index (χ1v) is 8.31. The van der Waals surface area contributed by atoms with Gasteiger partial charge in [-0.3, -0.25) is 0 Å². The average Bonchev–Trinajstić information content (AvgIpc) is 2.81. The van der Waals surface area contributed by atoms with Gasteiger partial charge < -0.3 is 15.5 Å². The highest BCUT2D eigenvalue weighted by Gasteiger charge is 2.35. The lowest BCUT2D eigenvalue weighted by molar-refractivity contribution is 0.145. The molecule has 4 unspecified atom stereocenters. The lowest BCUT2D eigenvalue weighted by Gasteiger charge is -2.33. The summed E-state index contributed by atoms with van der Waals surface area (Å²) in [4.78, 5) is 0. The van der Waals surface area contributed by atoms with Crippen molar-refractivity contribution >= 4 is 0 Å². The van der Waals surface area contributed by atoms with E-state index >= 15 is 0 Å². The number of phenols is 1. The minimum Gasteiger partial charge on any atom is -0.508 e. The van der Waals surface area contributed by atoms with Crippen molar-refractivity contribution in [3.63, 3.8) is 0 Å². The van der Waals surface area contributed by atoms with E-state index in [2.05, 4.69) is 19.2 Å². The van der Waals surface area contributed by atoms with Crippen molar-refractivity contribution in [2.45, 2.75) is 64.0 Å². The third-order valence-corrected chi connectivity index (χ3v) is 5.47. The molecule has 1 aromatic rings. The molecule has 0 heterocycles. The number of hydrogen-bond donors (Lipinski definition) is 3. The number of aliphatic hydroxyl groups is 1. The zero-order valence-corrected chi connectivity index (χ0v) is 13.1.